The van der Waals surface area contributed by atoms with Gasteiger partial charge in [0.2, 0.25) is 0 Å². The van der Waals surface area contributed by atoms with Crippen molar-refractivity contribution < 1.29 is 4.79 Å². The highest BCUT2D eigenvalue weighted by Gasteiger charge is 2.14. The number of aromatic nitrogens is 2. The second kappa shape index (κ2) is 5.17. The number of anilines is 1. The van der Waals surface area contributed by atoms with Gasteiger partial charge in [-0.25, -0.2) is 0 Å². The van der Waals surface area contributed by atoms with Gasteiger partial charge in [-0.05, 0) is 23.8 Å². The number of nitrogens with zero attached hydrogens (tertiary/aromatic N) is 2. The molecule has 0 fully saturated rings. The van der Waals surface area contributed by atoms with Gasteiger partial charge in [-0.15, -0.1) is 0 Å². The number of fused-ring (bicyclic) bond motifs is 1. The van der Waals surface area contributed by atoms with Crippen molar-refractivity contribution in [3.8, 4) is 0 Å². The maximum atomic E-state index is 11.4. The van der Waals surface area contributed by atoms with Crippen LogP contribution in [-0.2, 0) is 6.54 Å². The number of carbonyl (C=O) groups excluding carboxylic acids is 1. The first-order valence-electron chi connectivity index (χ1n) is 6.45. The van der Waals surface area contributed by atoms with E-state index in [1.807, 2.05) is 48.3 Å². The fourth-order valence-electron chi connectivity index (χ4n) is 2.41. The molecule has 3 rings (SSSR count). The minimum Gasteiger partial charge on any atom is -0.356 e. The number of carbonyl (C=O) groups is 1. The average molecular weight is 265 g/mol. The van der Waals surface area contributed by atoms with Crippen LogP contribution in [0.3, 0.4) is 0 Å². The van der Waals surface area contributed by atoms with Crippen molar-refractivity contribution in [1.82, 2.24) is 9.97 Å². The topological polar surface area (TPSA) is 49.0 Å². The number of H-pyrrole nitrogens is 1. The van der Waals surface area contributed by atoms with E-state index in [9.17, 15) is 4.79 Å². The molecule has 4 heteroatoms. The van der Waals surface area contributed by atoms with Gasteiger partial charge in [0.1, 0.15) is 5.82 Å². The largest absolute Gasteiger partial charge is 0.356 e. The van der Waals surface area contributed by atoms with E-state index < -0.39 is 0 Å². The number of para-hydroxylation sites is 1. The Kier molecular flexibility index (Phi) is 3.21. The molecule has 0 saturated carbocycles. The Hall–Kier alpha value is -2.62. The lowest BCUT2D eigenvalue weighted by molar-refractivity contribution is 0.112. The van der Waals surface area contributed by atoms with Crippen LogP contribution in [0.2, 0.25) is 0 Å². The number of nitrogens with one attached hydrogen (secondary N) is 1. The third-order valence-electron chi connectivity index (χ3n) is 3.39. The molecule has 0 atom stereocenters. The number of hydrogen-bond acceptors (Lipinski definition) is 3. The van der Waals surface area contributed by atoms with E-state index in [0.29, 0.717) is 5.56 Å². The van der Waals surface area contributed by atoms with Crippen molar-refractivity contribution in [1.29, 1.82) is 0 Å². The Balaban J connectivity index is 1.99. The van der Waals surface area contributed by atoms with Gasteiger partial charge in [0.05, 0.1) is 5.56 Å². The number of rotatable bonds is 4. The van der Waals surface area contributed by atoms with Crippen molar-refractivity contribution >= 4 is 23.0 Å². The maximum absolute atomic E-state index is 11.4. The predicted octanol–water partition coefficient (Wildman–Crippen LogP) is 3.01. The molecule has 0 bridgehead atoms. The quantitative estimate of drug-likeness (QED) is 0.738. The summed E-state index contributed by atoms with van der Waals surface area (Å²) in [5, 5.41) is 0.957. The van der Waals surface area contributed by atoms with E-state index in [4.69, 9.17) is 0 Å². The fourth-order valence-corrected chi connectivity index (χ4v) is 2.41. The number of aldehydes is 1. The summed E-state index contributed by atoms with van der Waals surface area (Å²) >= 11 is 0. The third kappa shape index (κ3) is 2.16. The highest BCUT2D eigenvalue weighted by atomic mass is 16.1. The van der Waals surface area contributed by atoms with Gasteiger partial charge in [-0.1, -0.05) is 18.2 Å². The molecule has 0 aliphatic heterocycles. The molecule has 100 valence electrons. The molecule has 0 aliphatic carbocycles. The fraction of sp³-hybridized carbons (Fsp3) is 0.125. The summed E-state index contributed by atoms with van der Waals surface area (Å²) in [6.07, 6.45) is 4.46. The molecular formula is C16H15N3O. The Morgan fingerprint density at radius 2 is 1.95 bits per heavy atom. The Morgan fingerprint density at radius 3 is 2.70 bits per heavy atom. The lowest BCUT2D eigenvalue weighted by atomic mass is 10.2. The van der Waals surface area contributed by atoms with Crippen LogP contribution >= 0.6 is 0 Å². The summed E-state index contributed by atoms with van der Waals surface area (Å²) in [6.45, 7) is 0.718. The first-order valence-corrected chi connectivity index (χ1v) is 6.45. The van der Waals surface area contributed by atoms with Crippen LogP contribution in [0.15, 0.2) is 48.8 Å². The molecule has 2 heterocycles. The van der Waals surface area contributed by atoms with E-state index in [1.54, 1.807) is 12.4 Å². The first-order chi connectivity index (χ1) is 9.79. The zero-order chi connectivity index (χ0) is 13.9. The number of aromatic amines is 1. The molecule has 1 aromatic carbocycles. The summed E-state index contributed by atoms with van der Waals surface area (Å²) in [6, 6.07) is 11.8. The van der Waals surface area contributed by atoms with Gasteiger partial charge in [0, 0.05) is 36.9 Å². The molecule has 0 aliphatic rings. The number of pyridine rings is 1. The first kappa shape index (κ1) is 12.4. The van der Waals surface area contributed by atoms with Crippen LogP contribution in [0.1, 0.15) is 15.9 Å². The minimum atomic E-state index is 0.706. The standard InChI is InChI=1S/C16H15N3O/c1-19(10-12-6-8-17-9-7-12)16-14(11-20)13-4-2-3-5-15(13)18-16/h2-9,11,18H,10H2,1H3. The summed E-state index contributed by atoms with van der Waals surface area (Å²) in [5.74, 6) is 0.845. The van der Waals surface area contributed by atoms with Gasteiger partial charge in [0.15, 0.2) is 6.29 Å². The van der Waals surface area contributed by atoms with E-state index in [-0.39, 0.29) is 0 Å². The Bertz CT molecular complexity index is 734. The molecule has 0 unspecified atom stereocenters. The molecule has 0 saturated heterocycles. The van der Waals surface area contributed by atoms with Crippen molar-refractivity contribution in [3.63, 3.8) is 0 Å². The second-order valence-corrected chi connectivity index (χ2v) is 4.76. The monoisotopic (exact) mass is 265 g/mol. The molecule has 4 nitrogen and oxygen atoms in total. The molecule has 3 aromatic rings. The zero-order valence-electron chi connectivity index (χ0n) is 11.2. The van der Waals surface area contributed by atoms with Gasteiger partial charge < -0.3 is 9.88 Å². The van der Waals surface area contributed by atoms with Gasteiger partial charge in [-0.2, -0.15) is 0 Å². The summed E-state index contributed by atoms with van der Waals surface area (Å²) in [5.41, 5.74) is 2.83. The van der Waals surface area contributed by atoms with Gasteiger partial charge in [-0.3, -0.25) is 9.78 Å². The minimum absolute atomic E-state index is 0.706. The molecular weight excluding hydrogens is 250 g/mol. The molecule has 2 aromatic heterocycles. The smallest absolute Gasteiger partial charge is 0.154 e. The lowest BCUT2D eigenvalue weighted by Gasteiger charge is -2.18. The zero-order valence-corrected chi connectivity index (χ0v) is 11.2. The molecule has 20 heavy (non-hydrogen) atoms. The molecule has 0 spiro atoms. The van der Waals surface area contributed by atoms with Crippen LogP contribution in [0.25, 0.3) is 10.9 Å². The molecule has 0 amide bonds. The Morgan fingerprint density at radius 1 is 1.20 bits per heavy atom. The van der Waals surface area contributed by atoms with Crippen LogP contribution in [0, 0.1) is 0 Å². The second-order valence-electron chi connectivity index (χ2n) is 4.76. The summed E-state index contributed by atoms with van der Waals surface area (Å²) < 4.78 is 0. The molecule has 0 radical (unpaired) electrons. The molecule has 1 N–H and O–H groups in total. The Labute approximate surface area is 117 Å². The van der Waals surface area contributed by atoms with E-state index in [1.165, 1.54) is 0 Å². The van der Waals surface area contributed by atoms with E-state index in [0.717, 1.165) is 35.1 Å². The van der Waals surface area contributed by atoms with Crippen LogP contribution in [-0.4, -0.2) is 23.3 Å². The average Bonchev–Trinajstić information content (AvgIpc) is 2.87. The number of benzene rings is 1. The third-order valence-corrected chi connectivity index (χ3v) is 3.39. The summed E-state index contributed by atoms with van der Waals surface area (Å²) in [7, 11) is 1.97. The van der Waals surface area contributed by atoms with Gasteiger partial charge >= 0.3 is 0 Å². The summed E-state index contributed by atoms with van der Waals surface area (Å²) in [4.78, 5) is 20.8. The van der Waals surface area contributed by atoms with Crippen LogP contribution in [0.5, 0.6) is 0 Å². The van der Waals surface area contributed by atoms with Crippen molar-refractivity contribution in [2.75, 3.05) is 11.9 Å². The normalized spacial score (nSPS) is 10.7. The number of hydrogen-bond donors (Lipinski definition) is 1. The lowest BCUT2D eigenvalue weighted by Crippen LogP contribution is -2.18. The van der Waals surface area contributed by atoms with Crippen LogP contribution in [0.4, 0.5) is 5.82 Å². The maximum Gasteiger partial charge on any atom is 0.154 e. The van der Waals surface area contributed by atoms with Crippen molar-refractivity contribution in [2.45, 2.75) is 6.54 Å². The van der Waals surface area contributed by atoms with Crippen molar-refractivity contribution in [3.05, 3.63) is 59.9 Å². The van der Waals surface area contributed by atoms with E-state index >= 15 is 0 Å². The van der Waals surface area contributed by atoms with Crippen LogP contribution < -0.4 is 4.90 Å². The predicted molar refractivity (Wildman–Crippen MR) is 80.0 cm³/mol. The SMILES string of the molecule is CN(Cc1ccncc1)c1[nH]c2ccccc2c1C=O. The highest BCUT2D eigenvalue weighted by molar-refractivity contribution is 6.03. The van der Waals surface area contributed by atoms with Gasteiger partial charge in [0.25, 0.3) is 0 Å². The highest BCUT2D eigenvalue weighted by Crippen LogP contribution is 2.27. The van der Waals surface area contributed by atoms with E-state index in [2.05, 4.69) is 9.97 Å². The van der Waals surface area contributed by atoms with Crippen molar-refractivity contribution in [2.24, 2.45) is 0 Å².